The molecule has 0 aliphatic heterocycles. The van der Waals surface area contributed by atoms with Gasteiger partial charge in [-0.15, -0.1) is 0 Å². The highest BCUT2D eigenvalue weighted by molar-refractivity contribution is 7.59. The van der Waals surface area contributed by atoms with Crippen molar-refractivity contribution in [3.8, 4) is 0 Å². The maximum atomic E-state index is 4.96. The Balaban J connectivity index is 5.99. The van der Waals surface area contributed by atoms with Gasteiger partial charge < -0.3 is 0 Å². The van der Waals surface area contributed by atoms with Crippen molar-refractivity contribution in [1.29, 1.82) is 0 Å². The summed E-state index contributed by atoms with van der Waals surface area (Å²) in [5, 5.41) is 1.91. The molecule has 0 unspecified atom stereocenters. The van der Waals surface area contributed by atoms with E-state index in [-0.39, 0.29) is 6.29 Å². The van der Waals surface area contributed by atoms with Crippen molar-refractivity contribution in [2.45, 2.75) is 6.29 Å². The van der Waals surface area contributed by atoms with Gasteiger partial charge in [-0.1, -0.05) is 0 Å². The maximum absolute atomic E-state index is 4.96. The van der Waals surface area contributed by atoms with Crippen LogP contribution in [-0.2, 0) is 0 Å². The molecule has 0 aliphatic carbocycles. The fourth-order valence-corrected chi connectivity index (χ4v) is 6.11. The summed E-state index contributed by atoms with van der Waals surface area (Å²) in [4.78, 5) is 9.36. The fourth-order valence-electron chi connectivity index (χ4n) is 2.65. The van der Waals surface area contributed by atoms with Crippen LogP contribution in [0.25, 0.3) is 0 Å². The zero-order valence-corrected chi connectivity index (χ0v) is 16.0. The van der Waals surface area contributed by atoms with E-state index in [9.17, 15) is 0 Å². The second-order valence-electron chi connectivity index (χ2n) is 6.02. The molecule has 7 nitrogen and oxygen atoms in total. The van der Waals surface area contributed by atoms with Crippen LogP contribution in [0.2, 0.25) is 0 Å². The average molecular weight is 307 g/mol. The Labute approximate surface area is 125 Å². The number of hydrogen-bond donors (Lipinski definition) is 0. The normalized spacial score (nSPS) is 13.9. The third kappa shape index (κ3) is 4.24. The summed E-state index contributed by atoms with van der Waals surface area (Å²) < 4.78 is 6.81. The van der Waals surface area contributed by atoms with E-state index in [0.717, 1.165) is 0 Å². The molecule has 0 bridgehead atoms. The SMILES string of the molecule is CN(C)N=P(N(C)C)(N(C)C)N(C)C(N(C)C)N(C)C. The molecule has 0 aromatic rings. The lowest BCUT2D eigenvalue weighted by atomic mass is 10.6. The van der Waals surface area contributed by atoms with E-state index in [4.69, 9.17) is 4.85 Å². The van der Waals surface area contributed by atoms with E-state index >= 15 is 0 Å². The van der Waals surface area contributed by atoms with Gasteiger partial charge in [0.15, 0.2) is 7.51 Å². The molecule has 0 aromatic carbocycles. The fraction of sp³-hybridized carbons (Fsp3) is 1.00. The Morgan fingerprint density at radius 2 is 1.00 bits per heavy atom. The molecule has 0 saturated heterocycles. The first-order valence-corrected chi connectivity index (χ1v) is 8.29. The molecule has 0 aromatic heterocycles. The summed E-state index contributed by atoms with van der Waals surface area (Å²) in [7, 11) is 20.9. The van der Waals surface area contributed by atoms with Crippen molar-refractivity contribution >= 4 is 7.51 Å². The summed E-state index contributed by atoms with van der Waals surface area (Å²) in [5.41, 5.74) is 0. The molecule has 8 heteroatoms. The van der Waals surface area contributed by atoms with Crippen LogP contribution in [0.5, 0.6) is 0 Å². The van der Waals surface area contributed by atoms with E-state index in [0.29, 0.717) is 0 Å². The molecule has 122 valence electrons. The van der Waals surface area contributed by atoms with E-state index in [1.165, 1.54) is 0 Å². The third-order valence-electron chi connectivity index (χ3n) is 3.05. The van der Waals surface area contributed by atoms with E-state index in [2.05, 4.69) is 87.2 Å². The van der Waals surface area contributed by atoms with Crippen LogP contribution in [0.1, 0.15) is 0 Å². The Morgan fingerprint density at radius 1 is 0.650 bits per heavy atom. The standard InChI is InChI=1S/C12H34N7P/c1-14(2)12(15(3)4)19(11)20(17(7)8,18(9)10)13-16(5)6/h12H,1-11H3. The topological polar surface area (TPSA) is 31.8 Å². The lowest BCUT2D eigenvalue weighted by molar-refractivity contribution is 0.0375. The predicted molar refractivity (Wildman–Crippen MR) is 89.3 cm³/mol. The minimum atomic E-state index is -1.98. The van der Waals surface area contributed by atoms with Gasteiger partial charge >= 0.3 is 0 Å². The van der Waals surface area contributed by atoms with Gasteiger partial charge in [-0.05, 0) is 63.4 Å². The maximum Gasteiger partial charge on any atom is 0.186 e. The lowest BCUT2D eigenvalue weighted by Gasteiger charge is -2.49. The summed E-state index contributed by atoms with van der Waals surface area (Å²) in [6, 6.07) is 0. The van der Waals surface area contributed by atoms with Crippen LogP contribution in [0.15, 0.2) is 4.85 Å². The van der Waals surface area contributed by atoms with Crippen LogP contribution < -0.4 is 0 Å². The minimum absolute atomic E-state index is 0.164. The third-order valence-corrected chi connectivity index (χ3v) is 6.85. The van der Waals surface area contributed by atoms with Crippen LogP contribution in [-0.4, -0.2) is 113 Å². The lowest BCUT2D eigenvalue weighted by Crippen LogP contribution is -2.53. The number of nitrogens with zero attached hydrogens (tertiary/aromatic N) is 7. The Morgan fingerprint density at radius 3 is 1.20 bits per heavy atom. The monoisotopic (exact) mass is 307 g/mol. The first kappa shape index (κ1) is 20.0. The molecular formula is C12H34N7P. The molecule has 0 amide bonds. The number of rotatable bonds is 7. The van der Waals surface area contributed by atoms with Gasteiger partial charge in [0.1, 0.15) is 6.29 Å². The first-order chi connectivity index (χ1) is 8.98. The largest absolute Gasteiger partial charge is 0.281 e. The predicted octanol–water partition coefficient (Wildman–Crippen LogP) is 0.871. The molecule has 0 heterocycles. The van der Waals surface area contributed by atoms with Crippen molar-refractivity contribution < 1.29 is 0 Å². The van der Waals surface area contributed by atoms with Crippen molar-refractivity contribution in [2.75, 3.05) is 77.5 Å². The molecule has 0 saturated carbocycles. The highest BCUT2D eigenvalue weighted by Gasteiger charge is 2.37. The Kier molecular flexibility index (Phi) is 7.84. The highest BCUT2D eigenvalue weighted by Crippen LogP contribution is 2.57. The van der Waals surface area contributed by atoms with Gasteiger partial charge in [0, 0.05) is 14.1 Å². The minimum Gasteiger partial charge on any atom is -0.281 e. The van der Waals surface area contributed by atoms with Crippen LogP contribution >= 0.6 is 7.51 Å². The zero-order valence-electron chi connectivity index (χ0n) is 15.2. The first-order valence-electron chi connectivity index (χ1n) is 6.69. The molecule has 0 atom stereocenters. The van der Waals surface area contributed by atoms with Crippen LogP contribution in [0.4, 0.5) is 0 Å². The molecule has 0 N–H and O–H groups in total. The summed E-state index contributed by atoms with van der Waals surface area (Å²) in [6.45, 7) is 0. The van der Waals surface area contributed by atoms with Crippen molar-refractivity contribution in [3.05, 3.63) is 0 Å². The van der Waals surface area contributed by atoms with E-state index in [1.54, 1.807) is 0 Å². The second kappa shape index (κ2) is 7.84. The van der Waals surface area contributed by atoms with Crippen LogP contribution in [0.3, 0.4) is 0 Å². The average Bonchev–Trinajstić information content (AvgIpc) is 2.22. The zero-order chi connectivity index (χ0) is 16.2. The van der Waals surface area contributed by atoms with Crippen molar-refractivity contribution in [2.24, 2.45) is 4.85 Å². The quantitative estimate of drug-likeness (QED) is 0.394. The summed E-state index contributed by atoms with van der Waals surface area (Å²) in [6.07, 6.45) is 0.164. The van der Waals surface area contributed by atoms with Crippen LogP contribution in [0, 0.1) is 0 Å². The molecular weight excluding hydrogens is 273 g/mol. The molecule has 0 aliphatic rings. The van der Waals surface area contributed by atoms with Gasteiger partial charge in [-0.25, -0.2) is 9.68 Å². The summed E-state index contributed by atoms with van der Waals surface area (Å²) >= 11 is 0. The van der Waals surface area contributed by atoms with Crippen molar-refractivity contribution in [1.82, 2.24) is 28.8 Å². The van der Waals surface area contributed by atoms with Gasteiger partial charge in [0.05, 0.1) is 0 Å². The van der Waals surface area contributed by atoms with Gasteiger partial charge in [-0.2, -0.15) is 4.85 Å². The second-order valence-corrected chi connectivity index (χ2v) is 9.50. The highest BCUT2D eigenvalue weighted by atomic mass is 31.2. The smallest absolute Gasteiger partial charge is 0.186 e. The van der Waals surface area contributed by atoms with E-state index < -0.39 is 7.51 Å². The van der Waals surface area contributed by atoms with Gasteiger partial charge in [0.25, 0.3) is 0 Å². The van der Waals surface area contributed by atoms with Gasteiger partial charge in [-0.3, -0.25) is 19.1 Å². The molecule has 20 heavy (non-hydrogen) atoms. The summed E-state index contributed by atoms with van der Waals surface area (Å²) in [5.74, 6) is 0. The molecule has 0 radical (unpaired) electrons. The van der Waals surface area contributed by atoms with Crippen molar-refractivity contribution in [3.63, 3.8) is 0 Å². The molecule has 0 fully saturated rings. The Hall–Kier alpha value is -0.0100. The van der Waals surface area contributed by atoms with Gasteiger partial charge in [0.2, 0.25) is 0 Å². The molecule has 0 spiro atoms. The van der Waals surface area contributed by atoms with E-state index in [1.807, 2.05) is 19.1 Å². The Bertz CT molecular complexity index is 319. The number of hydrogen-bond acceptors (Lipinski definition) is 3. The molecule has 0 rings (SSSR count).